The molecule has 57 heavy (non-hydrogen) atoms. The molecule has 6 rings (SSSR count). The molecule has 3 aliphatic rings. The van der Waals surface area contributed by atoms with Crippen LogP contribution in [0.3, 0.4) is 0 Å². The van der Waals surface area contributed by atoms with E-state index in [1.54, 1.807) is 12.1 Å². The second-order valence-electron chi connectivity index (χ2n) is 15.0. The fourth-order valence-corrected chi connectivity index (χ4v) is 6.80. The highest BCUT2D eigenvalue weighted by Gasteiger charge is 2.46. The molecule has 3 fully saturated rings. The number of likely N-dealkylation sites (N-methyl/N-ethyl adjacent to an activating group) is 1. The summed E-state index contributed by atoms with van der Waals surface area (Å²) in [6.07, 6.45) is -0.576. The lowest BCUT2D eigenvalue weighted by atomic mass is 9.97. The number of ketones is 1. The van der Waals surface area contributed by atoms with Crippen molar-refractivity contribution >= 4 is 52.8 Å². The van der Waals surface area contributed by atoms with Crippen molar-refractivity contribution in [2.45, 2.75) is 62.7 Å². The molecule has 5 N–H and O–H groups in total. The number of ether oxygens (including phenoxy) is 1. The molecule has 1 atom stereocenters. The van der Waals surface area contributed by atoms with Gasteiger partial charge in [0.25, 0.3) is 11.8 Å². The van der Waals surface area contributed by atoms with E-state index in [0.29, 0.717) is 30.0 Å². The van der Waals surface area contributed by atoms with Crippen LogP contribution in [0.2, 0.25) is 5.02 Å². The Morgan fingerprint density at radius 3 is 2.21 bits per heavy atom. The van der Waals surface area contributed by atoms with Gasteiger partial charge in [-0.15, -0.1) is 0 Å². The second kappa shape index (κ2) is 17.6. The van der Waals surface area contributed by atoms with Crippen molar-refractivity contribution in [3.63, 3.8) is 0 Å². The van der Waals surface area contributed by atoms with E-state index in [2.05, 4.69) is 53.1 Å². The van der Waals surface area contributed by atoms with Gasteiger partial charge in [-0.2, -0.15) is 28.1 Å². The number of rotatable bonds is 19. The first-order valence-electron chi connectivity index (χ1n) is 18.7. The van der Waals surface area contributed by atoms with Gasteiger partial charge >= 0.3 is 18.2 Å². The smallest absolute Gasteiger partial charge is 0.422 e. The minimum atomic E-state index is -4.64. The van der Waals surface area contributed by atoms with Crippen LogP contribution in [0, 0.1) is 5.41 Å². The third kappa shape index (κ3) is 12.0. The maximum absolute atomic E-state index is 13.0. The van der Waals surface area contributed by atoms with Gasteiger partial charge in [-0.1, -0.05) is 23.7 Å². The molecule has 1 aromatic heterocycles. The summed E-state index contributed by atoms with van der Waals surface area (Å²) < 4.78 is 43.7. The quantitative estimate of drug-likeness (QED) is 0.107. The number of Topliss-reactive ketones (excluding diaryl/α,β-unsaturated/α-hetero) is 1. The molecule has 306 valence electrons. The Kier molecular flexibility index (Phi) is 12.8. The van der Waals surface area contributed by atoms with Gasteiger partial charge < -0.3 is 40.9 Å². The Morgan fingerprint density at radius 2 is 1.60 bits per heavy atom. The molecule has 0 radical (unpaired) electrons. The molecule has 2 aliphatic carbocycles. The van der Waals surface area contributed by atoms with Gasteiger partial charge in [0.2, 0.25) is 17.7 Å². The predicted molar refractivity (Wildman–Crippen MR) is 203 cm³/mol. The van der Waals surface area contributed by atoms with Gasteiger partial charge in [-0.05, 0) is 92.9 Å². The Morgan fingerprint density at radius 1 is 0.930 bits per heavy atom. The number of alkyl halides is 3. The molecule has 1 aliphatic heterocycles. The molecule has 0 bridgehead atoms. The number of piperazine rings is 1. The molecule has 15 nitrogen and oxygen atoms in total. The number of carbonyl (C=O) groups excluding carboxylic acids is 3. The Balaban J connectivity index is 0.998. The molecule has 2 aromatic carbocycles. The van der Waals surface area contributed by atoms with Crippen molar-refractivity contribution in [1.29, 1.82) is 0 Å². The van der Waals surface area contributed by atoms with Gasteiger partial charge in [0.15, 0.2) is 6.61 Å². The number of carbonyl (C=O) groups is 4. The summed E-state index contributed by atoms with van der Waals surface area (Å²) in [7, 11) is 2.10. The summed E-state index contributed by atoms with van der Waals surface area (Å²) in [4.78, 5) is 67.1. The zero-order valence-corrected chi connectivity index (χ0v) is 32.1. The number of aliphatic carboxylic acids is 1. The molecular weight excluding hydrogens is 771 g/mol. The topological polar surface area (TPSA) is 191 Å². The summed E-state index contributed by atoms with van der Waals surface area (Å²) in [6.45, 7) is 3.14. The first kappa shape index (κ1) is 41.6. The molecular formula is C38H45ClF3N9O6. The minimum absolute atomic E-state index is 0.0308. The number of aromatic nitrogens is 3. The monoisotopic (exact) mass is 815 g/mol. The number of hydrogen-bond acceptors (Lipinski definition) is 12. The largest absolute Gasteiger partial charge is 0.480 e. The minimum Gasteiger partial charge on any atom is -0.480 e. The fourth-order valence-electron chi connectivity index (χ4n) is 6.67. The molecule has 2 heterocycles. The lowest BCUT2D eigenvalue weighted by Gasteiger charge is -2.34. The van der Waals surface area contributed by atoms with Crippen LogP contribution in [0.5, 0.6) is 6.01 Å². The average molecular weight is 816 g/mol. The zero-order valence-electron chi connectivity index (χ0n) is 31.3. The van der Waals surface area contributed by atoms with Crippen molar-refractivity contribution in [3.8, 4) is 6.01 Å². The van der Waals surface area contributed by atoms with E-state index in [4.69, 9.17) is 16.3 Å². The highest BCUT2D eigenvalue weighted by Crippen LogP contribution is 2.50. The number of halogens is 4. The summed E-state index contributed by atoms with van der Waals surface area (Å²) >= 11 is 6.03. The highest BCUT2D eigenvalue weighted by atomic mass is 35.5. The van der Waals surface area contributed by atoms with Crippen LogP contribution in [-0.4, -0.2) is 119 Å². The SMILES string of the molecule is CN1CCN(CC2(CCC(=O)C(=O)NCC[C@H](NC(=O)c3ccc(Nc4nc(NC5(c6ccc(Cl)cc6)CC5)nc(OCC(F)(F)F)n4)cc3)C(=O)O)CC2)CC1. The number of amides is 2. The van der Waals surface area contributed by atoms with E-state index < -0.39 is 53.9 Å². The van der Waals surface area contributed by atoms with Crippen LogP contribution in [0.15, 0.2) is 48.5 Å². The van der Waals surface area contributed by atoms with E-state index in [1.165, 1.54) is 24.3 Å². The third-order valence-corrected chi connectivity index (χ3v) is 10.7. The first-order chi connectivity index (χ1) is 27.1. The lowest BCUT2D eigenvalue weighted by molar-refractivity contribution is -0.154. The van der Waals surface area contributed by atoms with Crippen LogP contribution in [-0.2, 0) is 19.9 Å². The molecule has 2 saturated carbocycles. The van der Waals surface area contributed by atoms with Crippen molar-refractivity contribution in [2.75, 3.05) is 63.6 Å². The average Bonchev–Trinajstić information content (AvgIpc) is 4.11. The number of anilines is 3. The molecule has 3 aromatic rings. The summed E-state index contributed by atoms with van der Waals surface area (Å²) in [6, 6.07) is 10.9. The molecule has 1 saturated heterocycles. The Hall–Kier alpha value is -5.07. The molecule has 19 heteroatoms. The van der Waals surface area contributed by atoms with Crippen LogP contribution >= 0.6 is 11.6 Å². The summed E-state index contributed by atoms with van der Waals surface area (Å²) in [5.74, 6) is -3.54. The number of carboxylic acids is 1. The van der Waals surface area contributed by atoms with E-state index >= 15 is 0 Å². The predicted octanol–water partition coefficient (Wildman–Crippen LogP) is 4.38. The summed E-state index contributed by atoms with van der Waals surface area (Å²) in [5, 5.41) is 21.3. The molecule has 0 spiro atoms. The maximum atomic E-state index is 13.0. The van der Waals surface area contributed by atoms with E-state index in [9.17, 15) is 37.5 Å². The number of carboxylic acid groups (broad SMARTS) is 1. The summed E-state index contributed by atoms with van der Waals surface area (Å²) in [5.41, 5.74) is 0.854. The molecule has 0 unspecified atom stereocenters. The lowest BCUT2D eigenvalue weighted by Crippen LogP contribution is -2.46. The van der Waals surface area contributed by atoms with Crippen LogP contribution in [0.25, 0.3) is 0 Å². The number of nitrogens with one attached hydrogen (secondary N) is 4. The molecule has 2 amide bonds. The van der Waals surface area contributed by atoms with Crippen molar-refractivity contribution in [1.82, 2.24) is 35.4 Å². The van der Waals surface area contributed by atoms with E-state index in [1.807, 2.05) is 12.1 Å². The van der Waals surface area contributed by atoms with Crippen molar-refractivity contribution in [3.05, 3.63) is 64.7 Å². The fraction of sp³-hybridized carbons (Fsp3) is 0.500. The third-order valence-electron chi connectivity index (χ3n) is 10.5. The van der Waals surface area contributed by atoms with E-state index in [-0.39, 0.29) is 42.3 Å². The highest BCUT2D eigenvalue weighted by molar-refractivity contribution is 6.36. The van der Waals surface area contributed by atoms with Crippen LogP contribution in [0.4, 0.5) is 30.8 Å². The zero-order chi connectivity index (χ0) is 40.8. The number of nitrogens with zero attached hydrogens (tertiary/aromatic N) is 5. The van der Waals surface area contributed by atoms with Gasteiger partial charge in [-0.3, -0.25) is 14.4 Å². The van der Waals surface area contributed by atoms with Gasteiger partial charge in [0.05, 0.1) is 5.54 Å². The van der Waals surface area contributed by atoms with Gasteiger partial charge in [-0.25, -0.2) is 4.79 Å². The first-order valence-corrected chi connectivity index (χ1v) is 19.1. The number of hydrogen-bond donors (Lipinski definition) is 5. The normalized spacial score (nSPS) is 17.8. The van der Waals surface area contributed by atoms with Gasteiger partial charge in [0.1, 0.15) is 6.04 Å². The Bertz CT molecular complexity index is 1920. The van der Waals surface area contributed by atoms with Crippen molar-refractivity contribution in [2.24, 2.45) is 5.41 Å². The number of benzene rings is 2. The second-order valence-corrected chi connectivity index (χ2v) is 15.4. The van der Waals surface area contributed by atoms with Crippen LogP contribution < -0.4 is 26.0 Å². The van der Waals surface area contributed by atoms with Crippen LogP contribution in [0.1, 0.15) is 60.9 Å². The Labute approximate surface area is 332 Å². The van der Waals surface area contributed by atoms with E-state index in [0.717, 1.165) is 51.1 Å². The van der Waals surface area contributed by atoms with Crippen molar-refractivity contribution < 1.29 is 42.2 Å². The standard InChI is InChI=1S/C38H45ClF3N9O6/c1-50-18-20-51(21-19-50)22-36(13-14-36)12-10-29(52)31(54)43-17-11-28(32(55)56)45-30(53)24-2-8-27(9-3-24)44-33-46-34(48-35(47-33)57-23-38(40,41)42)49-37(15-16-37)25-4-6-26(39)7-5-25/h2-9,28H,10-23H2,1H3,(H,43,54)(H,45,53)(H,55,56)(H2,44,46,47,48,49)/t28-/m0/s1. The maximum Gasteiger partial charge on any atom is 0.422 e. The van der Waals surface area contributed by atoms with Gasteiger partial charge in [0, 0.05) is 62.0 Å².